The third-order valence-electron chi connectivity index (χ3n) is 2.61. The third kappa shape index (κ3) is 4.48. The first kappa shape index (κ1) is 16.4. The van der Waals surface area contributed by atoms with Gasteiger partial charge in [0.2, 0.25) is 10.0 Å². The molecule has 2 rings (SSSR count). The summed E-state index contributed by atoms with van der Waals surface area (Å²) >= 11 is 0. The Balaban J connectivity index is 0.00000200. The van der Waals surface area contributed by atoms with Gasteiger partial charge < -0.3 is 18.1 Å². The van der Waals surface area contributed by atoms with Gasteiger partial charge in [0.1, 0.15) is 0 Å². The predicted octanol–water partition coefficient (Wildman–Crippen LogP) is -2.46. The Bertz CT molecular complexity index is 648. The minimum Gasteiger partial charge on any atom is -1.00 e. The van der Waals surface area contributed by atoms with Crippen molar-refractivity contribution in [2.45, 2.75) is 11.4 Å². The molecule has 3 N–H and O–H groups in total. The van der Waals surface area contributed by atoms with Crippen molar-refractivity contribution in [2.24, 2.45) is 0 Å². The van der Waals surface area contributed by atoms with E-state index in [4.69, 9.17) is 5.73 Å². The van der Waals surface area contributed by atoms with Crippen LogP contribution in [0.3, 0.4) is 0 Å². The number of nitrogen functional groups attached to an aromatic ring is 1. The van der Waals surface area contributed by atoms with E-state index in [0.29, 0.717) is 18.8 Å². The lowest BCUT2D eigenvalue weighted by Crippen LogP contribution is -3.00. The molecule has 20 heavy (non-hydrogen) atoms. The maximum absolute atomic E-state index is 12.0. The largest absolute Gasteiger partial charge is 1.00 e. The van der Waals surface area contributed by atoms with Gasteiger partial charge in [0, 0.05) is 17.8 Å². The Labute approximate surface area is 124 Å². The number of sulfonamides is 1. The zero-order valence-corrected chi connectivity index (χ0v) is 12.3. The zero-order valence-electron chi connectivity index (χ0n) is 10.7. The number of aromatic nitrogens is 1. The van der Waals surface area contributed by atoms with Gasteiger partial charge in [-0.05, 0) is 18.2 Å². The normalized spacial score (nSPS) is 10.8. The number of anilines is 1. The highest BCUT2D eigenvalue weighted by Gasteiger charge is 2.14. The minimum atomic E-state index is -3.50. The van der Waals surface area contributed by atoms with E-state index in [9.17, 15) is 8.42 Å². The van der Waals surface area contributed by atoms with Crippen molar-refractivity contribution >= 4 is 15.7 Å². The third-order valence-corrected chi connectivity index (χ3v) is 4.07. The first-order valence-corrected chi connectivity index (χ1v) is 7.35. The second kappa shape index (κ2) is 7.23. The van der Waals surface area contributed by atoms with Crippen molar-refractivity contribution in [2.75, 3.05) is 12.3 Å². The van der Waals surface area contributed by atoms with Crippen molar-refractivity contribution in [3.63, 3.8) is 0 Å². The predicted molar refractivity (Wildman–Crippen MR) is 72.7 cm³/mol. The molecule has 0 fully saturated rings. The van der Waals surface area contributed by atoms with Crippen LogP contribution in [-0.4, -0.2) is 15.0 Å². The monoisotopic (exact) mass is 313 g/mol. The smallest absolute Gasteiger partial charge is 0.240 e. The van der Waals surface area contributed by atoms with Gasteiger partial charge in [0.05, 0.1) is 11.4 Å². The summed E-state index contributed by atoms with van der Waals surface area (Å²) in [5.74, 6) is 0. The molecule has 0 unspecified atom stereocenters. The standard InChI is InChI=1S/C13H16N3O2S.ClH/c14-12-5-4-6-13(11-12)19(17,18)15-7-10-16-8-2-1-3-9-16;/h1-6,8-9,11,15H,7,10,14H2;1H/q+1;/p-1. The fourth-order valence-corrected chi connectivity index (χ4v) is 2.73. The van der Waals surface area contributed by atoms with E-state index in [-0.39, 0.29) is 17.3 Å². The van der Waals surface area contributed by atoms with E-state index in [1.165, 1.54) is 12.1 Å². The number of nitrogens with zero attached hydrogens (tertiary/aromatic N) is 1. The van der Waals surface area contributed by atoms with Crippen LogP contribution in [0.25, 0.3) is 0 Å². The summed E-state index contributed by atoms with van der Waals surface area (Å²) in [6.45, 7) is 0.897. The van der Waals surface area contributed by atoms with Gasteiger partial charge in [-0.1, -0.05) is 12.1 Å². The van der Waals surface area contributed by atoms with Gasteiger partial charge in [-0.2, -0.15) is 0 Å². The van der Waals surface area contributed by atoms with E-state index in [1.54, 1.807) is 12.1 Å². The molecule has 1 aromatic carbocycles. The highest BCUT2D eigenvalue weighted by atomic mass is 35.5. The summed E-state index contributed by atoms with van der Waals surface area (Å²) < 4.78 is 28.4. The molecule has 0 radical (unpaired) electrons. The SMILES string of the molecule is Nc1cccc(S(=O)(=O)NCC[n+]2ccccc2)c1.[Cl-]. The van der Waals surface area contributed by atoms with E-state index in [0.717, 1.165) is 0 Å². The summed E-state index contributed by atoms with van der Waals surface area (Å²) in [6.07, 6.45) is 3.77. The van der Waals surface area contributed by atoms with Crippen LogP contribution >= 0.6 is 0 Å². The molecule has 2 aromatic rings. The van der Waals surface area contributed by atoms with Crippen LogP contribution in [-0.2, 0) is 16.6 Å². The number of rotatable bonds is 5. The second-order valence-electron chi connectivity index (χ2n) is 4.08. The Hall–Kier alpha value is -1.63. The molecule has 1 heterocycles. The molecule has 7 heteroatoms. The fraction of sp³-hybridized carbons (Fsp3) is 0.154. The number of nitrogens with two attached hydrogens (primary N) is 1. The molecule has 0 aliphatic carbocycles. The lowest BCUT2D eigenvalue weighted by atomic mass is 10.3. The van der Waals surface area contributed by atoms with E-state index in [2.05, 4.69) is 4.72 Å². The zero-order chi connectivity index (χ0) is 13.7. The number of hydrogen-bond donors (Lipinski definition) is 2. The van der Waals surface area contributed by atoms with Crippen LogP contribution in [0, 0.1) is 0 Å². The molecule has 1 aromatic heterocycles. The average Bonchev–Trinajstić information content (AvgIpc) is 2.40. The van der Waals surface area contributed by atoms with Gasteiger partial charge in [-0.15, -0.1) is 0 Å². The number of halogens is 1. The summed E-state index contributed by atoms with van der Waals surface area (Å²) in [4.78, 5) is 0.186. The molecule has 0 saturated heterocycles. The molecule has 0 aliphatic rings. The van der Waals surface area contributed by atoms with E-state index in [1.807, 2.05) is 35.2 Å². The molecular weight excluding hydrogens is 298 g/mol. The molecule has 0 saturated carbocycles. The van der Waals surface area contributed by atoms with Crippen molar-refractivity contribution in [1.82, 2.24) is 4.72 Å². The molecule has 0 amide bonds. The summed E-state index contributed by atoms with van der Waals surface area (Å²) in [5, 5.41) is 0. The average molecular weight is 314 g/mol. The van der Waals surface area contributed by atoms with Crippen molar-refractivity contribution in [1.29, 1.82) is 0 Å². The van der Waals surface area contributed by atoms with Crippen molar-refractivity contribution in [3.8, 4) is 0 Å². The lowest BCUT2D eigenvalue weighted by Gasteiger charge is -2.05. The van der Waals surface area contributed by atoms with Gasteiger partial charge in [0.25, 0.3) is 0 Å². The highest BCUT2D eigenvalue weighted by molar-refractivity contribution is 7.89. The summed E-state index contributed by atoms with van der Waals surface area (Å²) in [7, 11) is -3.50. The van der Waals surface area contributed by atoms with Crippen molar-refractivity contribution in [3.05, 3.63) is 54.9 Å². The van der Waals surface area contributed by atoms with Crippen LogP contribution in [0.5, 0.6) is 0 Å². The van der Waals surface area contributed by atoms with Crippen LogP contribution in [0.1, 0.15) is 0 Å². The summed E-state index contributed by atoms with van der Waals surface area (Å²) in [6, 6.07) is 11.9. The van der Waals surface area contributed by atoms with Crippen LogP contribution in [0.4, 0.5) is 5.69 Å². The van der Waals surface area contributed by atoms with Crippen LogP contribution in [0.2, 0.25) is 0 Å². The Morgan fingerprint density at radius 3 is 2.45 bits per heavy atom. The maximum Gasteiger partial charge on any atom is 0.240 e. The molecule has 0 atom stereocenters. The fourth-order valence-electron chi connectivity index (χ4n) is 1.66. The first-order valence-electron chi connectivity index (χ1n) is 5.87. The molecule has 0 bridgehead atoms. The Morgan fingerprint density at radius 2 is 1.80 bits per heavy atom. The Kier molecular flexibility index (Phi) is 5.94. The quantitative estimate of drug-likeness (QED) is 0.475. The van der Waals surface area contributed by atoms with Crippen LogP contribution in [0.15, 0.2) is 59.8 Å². The number of pyridine rings is 1. The second-order valence-corrected chi connectivity index (χ2v) is 5.85. The number of nitrogens with one attached hydrogen (secondary N) is 1. The molecule has 0 aliphatic heterocycles. The Morgan fingerprint density at radius 1 is 1.10 bits per heavy atom. The van der Waals surface area contributed by atoms with Gasteiger partial charge >= 0.3 is 0 Å². The van der Waals surface area contributed by atoms with Crippen molar-refractivity contribution < 1.29 is 25.4 Å². The number of hydrogen-bond acceptors (Lipinski definition) is 3. The maximum atomic E-state index is 12.0. The molecule has 0 spiro atoms. The molecular formula is C13H16ClN3O2S. The van der Waals surface area contributed by atoms with Gasteiger partial charge in [-0.3, -0.25) is 0 Å². The highest BCUT2D eigenvalue weighted by Crippen LogP contribution is 2.11. The minimum absolute atomic E-state index is 0. The molecule has 5 nitrogen and oxygen atoms in total. The topological polar surface area (TPSA) is 76.1 Å². The van der Waals surface area contributed by atoms with Crippen LogP contribution < -0.4 is 27.4 Å². The van der Waals surface area contributed by atoms with E-state index >= 15 is 0 Å². The molecule has 108 valence electrons. The van der Waals surface area contributed by atoms with Gasteiger partial charge in [0.15, 0.2) is 18.9 Å². The number of benzene rings is 1. The lowest BCUT2D eigenvalue weighted by molar-refractivity contribution is -0.694. The summed E-state index contributed by atoms with van der Waals surface area (Å²) in [5.41, 5.74) is 6.01. The van der Waals surface area contributed by atoms with E-state index < -0.39 is 10.0 Å². The first-order chi connectivity index (χ1) is 9.08. The van der Waals surface area contributed by atoms with Gasteiger partial charge in [-0.25, -0.2) is 17.7 Å².